The summed E-state index contributed by atoms with van der Waals surface area (Å²) in [6, 6.07) is 0. The predicted molar refractivity (Wildman–Crippen MR) is 123 cm³/mol. The molecule has 35 heavy (non-hydrogen) atoms. The van der Waals surface area contributed by atoms with Crippen LogP contribution in [-0.2, 0) is 49.2 Å². The molecule has 0 aliphatic rings. The first-order valence-corrected chi connectivity index (χ1v) is 11.7. The zero-order chi connectivity index (χ0) is 25.2. The molecule has 1 N–H and O–H groups in total. The quantitative estimate of drug-likeness (QED) is 0.161. The monoisotopic (exact) mass is 506 g/mol. The second kappa shape index (κ2) is 24.0. The number of hydrogen-bond acceptors (Lipinski definition) is 11. The van der Waals surface area contributed by atoms with Gasteiger partial charge in [-0.1, -0.05) is 5.21 Å². The first-order valence-electron chi connectivity index (χ1n) is 11.7. The molecule has 0 atom stereocenters. The van der Waals surface area contributed by atoms with Gasteiger partial charge in [0.1, 0.15) is 0 Å². The molecule has 1 aromatic heterocycles. The van der Waals surface area contributed by atoms with E-state index < -0.39 is 5.97 Å². The Morgan fingerprint density at radius 3 is 1.31 bits per heavy atom. The van der Waals surface area contributed by atoms with Crippen molar-refractivity contribution in [3.8, 4) is 0 Å². The van der Waals surface area contributed by atoms with E-state index in [2.05, 4.69) is 17.2 Å². The van der Waals surface area contributed by atoms with Crippen molar-refractivity contribution in [1.29, 1.82) is 0 Å². The van der Waals surface area contributed by atoms with E-state index in [4.69, 9.17) is 43.0 Å². The van der Waals surface area contributed by atoms with Crippen LogP contribution in [0.1, 0.15) is 12.1 Å². The van der Waals surface area contributed by atoms with Gasteiger partial charge in [0.25, 0.3) is 0 Å². The fourth-order valence-electron chi connectivity index (χ4n) is 2.41. The molecule has 1 aromatic rings. The summed E-state index contributed by atoms with van der Waals surface area (Å²) in [5.41, 5.74) is 0.643. The molecule has 0 unspecified atom stereocenters. The van der Waals surface area contributed by atoms with Crippen molar-refractivity contribution in [2.24, 2.45) is 0 Å². The lowest BCUT2D eigenvalue weighted by molar-refractivity contribution is -0.138. The smallest absolute Gasteiger partial charge is 0.305 e. The van der Waals surface area contributed by atoms with Gasteiger partial charge in [-0.25, -0.2) is 4.68 Å². The average molecular weight is 507 g/mol. The van der Waals surface area contributed by atoms with Crippen LogP contribution in [0.25, 0.3) is 0 Å². The number of nitrogens with zero attached hydrogens (tertiary/aromatic N) is 3. The highest BCUT2D eigenvalue weighted by molar-refractivity contribution is 5.66. The predicted octanol–water partition coefficient (Wildman–Crippen LogP) is 0.0678. The van der Waals surface area contributed by atoms with Crippen LogP contribution in [0.4, 0.5) is 0 Å². The second-order valence-corrected chi connectivity index (χ2v) is 7.02. The number of ether oxygens (including phenoxy) is 8. The van der Waals surface area contributed by atoms with Gasteiger partial charge < -0.3 is 43.0 Å². The fraction of sp³-hybridized carbons (Fsp3) is 0.818. The fourth-order valence-corrected chi connectivity index (χ4v) is 2.41. The first kappa shape index (κ1) is 31.3. The molecule has 0 saturated carbocycles. The van der Waals surface area contributed by atoms with Gasteiger partial charge in [0.05, 0.1) is 124 Å². The Morgan fingerprint density at radius 1 is 0.657 bits per heavy atom. The molecular weight excluding hydrogens is 466 g/mol. The molecule has 1 heterocycles. The van der Waals surface area contributed by atoms with E-state index in [0.29, 0.717) is 111 Å². The Hall–Kier alpha value is -1.71. The summed E-state index contributed by atoms with van der Waals surface area (Å²) in [5.74, 6) is -0.872. The highest BCUT2D eigenvalue weighted by atomic mass is 16.6. The largest absolute Gasteiger partial charge is 0.481 e. The van der Waals surface area contributed by atoms with Crippen molar-refractivity contribution in [3.63, 3.8) is 0 Å². The van der Waals surface area contributed by atoms with Crippen molar-refractivity contribution in [3.05, 3.63) is 18.8 Å². The Labute approximate surface area is 206 Å². The summed E-state index contributed by atoms with van der Waals surface area (Å²) in [6.45, 7) is 11.7. The number of aliphatic carboxylic acids is 1. The number of aromatic nitrogens is 3. The number of hydrogen-bond donors (Lipinski definition) is 1. The maximum absolute atomic E-state index is 10.3. The molecule has 0 amide bonds. The van der Waals surface area contributed by atoms with Gasteiger partial charge >= 0.3 is 5.97 Å². The van der Waals surface area contributed by atoms with E-state index >= 15 is 0 Å². The Bertz CT molecular complexity index is 606. The number of carboxylic acid groups (broad SMARTS) is 1. The van der Waals surface area contributed by atoms with Gasteiger partial charge in [-0.3, -0.25) is 4.79 Å². The minimum Gasteiger partial charge on any atom is -0.481 e. The third-order valence-corrected chi connectivity index (χ3v) is 4.12. The van der Waals surface area contributed by atoms with Gasteiger partial charge in [-0.15, -0.1) is 5.10 Å². The maximum atomic E-state index is 10.3. The van der Waals surface area contributed by atoms with Crippen LogP contribution in [0, 0.1) is 6.92 Å². The van der Waals surface area contributed by atoms with E-state index in [-0.39, 0.29) is 13.0 Å². The molecule has 0 aliphatic heterocycles. The Morgan fingerprint density at radius 2 is 1.00 bits per heavy atom. The summed E-state index contributed by atoms with van der Waals surface area (Å²) in [5, 5.41) is 16.1. The van der Waals surface area contributed by atoms with Gasteiger partial charge in [0.15, 0.2) is 0 Å². The third kappa shape index (κ3) is 22.5. The molecule has 0 fully saturated rings. The molecule has 0 aliphatic carbocycles. The lowest BCUT2D eigenvalue weighted by Gasteiger charge is -2.08. The Kier molecular flexibility index (Phi) is 21.5. The van der Waals surface area contributed by atoms with Gasteiger partial charge in [-0.05, 0) is 6.92 Å². The summed E-state index contributed by atoms with van der Waals surface area (Å²) in [7, 11) is 0. The van der Waals surface area contributed by atoms with Crippen molar-refractivity contribution >= 4 is 5.97 Å². The normalized spacial score (nSPS) is 11.3. The molecule has 0 saturated heterocycles. The van der Waals surface area contributed by atoms with Crippen LogP contribution < -0.4 is 0 Å². The summed E-state index contributed by atoms with van der Waals surface area (Å²) in [4.78, 5) is 10.3. The van der Waals surface area contributed by atoms with Gasteiger partial charge in [-0.2, -0.15) is 0 Å². The van der Waals surface area contributed by atoms with Crippen LogP contribution in [0.3, 0.4) is 0 Å². The van der Waals surface area contributed by atoms with Crippen LogP contribution in [-0.4, -0.2) is 132 Å². The zero-order valence-corrected chi connectivity index (χ0v) is 20.5. The second-order valence-electron chi connectivity index (χ2n) is 7.02. The van der Waals surface area contributed by atoms with Crippen molar-refractivity contribution in [2.75, 3.05) is 106 Å². The molecule has 0 spiro atoms. The van der Waals surface area contributed by atoms with E-state index in [0.717, 1.165) is 0 Å². The average Bonchev–Trinajstić information content (AvgIpc) is 3.26. The third-order valence-electron chi connectivity index (χ3n) is 4.12. The molecule has 0 aromatic carbocycles. The summed E-state index contributed by atoms with van der Waals surface area (Å²) < 4.78 is 44.6. The van der Waals surface area contributed by atoms with Crippen molar-refractivity contribution in [1.82, 2.24) is 15.0 Å². The molecule has 13 nitrogen and oxygen atoms in total. The van der Waals surface area contributed by atoms with Gasteiger partial charge in [0.2, 0.25) is 0 Å². The van der Waals surface area contributed by atoms with Crippen LogP contribution >= 0.6 is 0 Å². The van der Waals surface area contributed by atoms with Gasteiger partial charge in [0, 0.05) is 6.20 Å². The lowest BCUT2D eigenvalue weighted by Crippen LogP contribution is -2.15. The standard InChI is InChI=1S/C22H40N3O10/c1-21-20-25(24-23-21)3-5-29-7-9-31-11-13-33-15-17-35-19-18-34-16-14-32-12-10-30-8-6-28-4-2-22(26)27/h20H,1-19H2,(H,26,27). The first-order chi connectivity index (χ1) is 17.2. The lowest BCUT2D eigenvalue weighted by atomic mass is 10.5. The van der Waals surface area contributed by atoms with Crippen LogP contribution in [0.15, 0.2) is 6.20 Å². The topological polar surface area (TPSA) is 142 Å². The highest BCUT2D eigenvalue weighted by Gasteiger charge is 1.98. The van der Waals surface area contributed by atoms with E-state index in [1.165, 1.54) is 0 Å². The van der Waals surface area contributed by atoms with Crippen molar-refractivity contribution in [2.45, 2.75) is 13.0 Å². The molecule has 1 rings (SSSR count). The minimum atomic E-state index is -0.872. The SMILES string of the molecule is [CH2]c1cn(CCOCCOCCOCCOCCOCCOCCOCCOCCC(=O)O)nn1. The zero-order valence-electron chi connectivity index (χ0n) is 20.5. The highest BCUT2D eigenvalue weighted by Crippen LogP contribution is 1.90. The molecule has 0 bridgehead atoms. The minimum absolute atomic E-state index is 0.000910. The number of carbonyl (C=O) groups is 1. The molecular formula is C22H40N3O10. The number of rotatable bonds is 27. The molecule has 13 heteroatoms. The van der Waals surface area contributed by atoms with Crippen LogP contribution in [0.2, 0.25) is 0 Å². The molecule has 203 valence electrons. The summed E-state index contributed by atoms with van der Waals surface area (Å²) in [6.07, 6.45) is 1.76. The van der Waals surface area contributed by atoms with Crippen molar-refractivity contribution < 1.29 is 47.8 Å². The molecule has 1 radical (unpaired) electrons. The van der Waals surface area contributed by atoms with E-state index in [1.54, 1.807) is 10.9 Å². The number of carboxylic acids is 1. The Balaban J connectivity index is 1.64. The van der Waals surface area contributed by atoms with Crippen LogP contribution in [0.5, 0.6) is 0 Å². The summed E-state index contributed by atoms with van der Waals surface area (Å²) >= 11 is 0. The van der Waals surface area contributed by atoms with E-state index in [9.17, 15) is 4.79 Å². The van der Waals surface area contributed by atoms with E-state index in [1.807, 2.05) is 0 Å². The maximum Gasteiger partial charge on any atom is 0.305 e.